The quantitative estimate of drug-likeness (QED) is 0.780. The minimum atomic E-state index is 0. The summed E-state index contributed by atoms with van der Waals surface area (Å²) in [5.74, 6) is 0. The summed E-state index contributed by atoms with van der Waals surface area (Å²) in [5.41, 5.74) is 5.33. The standard InChI is InChI=1S/C10H17BrN2OS.ClH/c1-13(3-5-14-4-2-12)7-10-6-9(11)8-15-10;/h6,8H,2-5,7,12H2,1H3;1H. The molecule has 0 saturated carbocycles. The molecular formula is C10H18BrClN2OS. The number of nitrogens with zero attached hydrogens (tertiary/aromatic N) is 1. The molecule has 16 heavy (non-hydrogen) atoms. The molecule has 1 rings (SSSR count). The predicted molar refractivity (Wildman–Crippen MR) is 75.5 cm³/mol. The second-order valence-corrected chi connectivity index (χ2v) is 5.28. The van der Waals surface area contributed by atoms with Gasteiger partial charge in [-0.15, -0.1) is 23.7 Å². The number of thiophene rings is 1. The molecule has 0 aliphatic heterocycles. The van der Waals surface area contributed by atoms with Crippen molar-refractivity contribution >= 4 is 39.7 Å². The summed E-state index contributed by atoms with van der Waals surface area (Å²) in [4.78, 5) is 3.61. The topological polar surface area (TPSA) is 38.5 Å². The lowest BCUT2D eigenvalue weighted by molar-refractivity contribution is 0.116. The van der Waals surface area contributed by atoms with Gasteiger partial charge in [0.2, 0.25) is 0 Å². The molecule has 0 atom stereocenters. The molecule has 0 aliphatic carbocycles. The Hall–Kier alpha value is 0.350. The van der Waals surface area contributed by atoms with Crippen LogP contribution in [0.3, 0.4) is 0 Å². The highest BCUT2D eigenvalue weighted by Crippen LogP contribution is 2.20. The molecule has 6 heteroatoms. The van der Waals surface area contributed by atoms with Gasteiger partial charge in [-0.25, -0.2) is 0 Å². The summed E-state index contributed by atoms with van der Waals surface area (Å²) in [6.45, 7) is 3.91. The summed E-state index contributed by atoms with van der Waals surface area (Å²) in [6, 6.07) is 2.15. The molecule has 3 nitrogen and oxygen atoms in total. The Labute approximate surface area is 115 Å². The van der Waals surface area contributed by atoms with Gasteiger partial charge in [-0.2, -0.15) is 0 Å². The molecule has 0 aromatic carbocycles. The molecule has 0 bridgehead atoms. The molecule has 2 N–H and O–H groups in total. The number of rotatable bonds is 7. The van der Waals surface area contributed by atoms with Crippen molar-refractivity contribution in [1.29, 1.82) is 0 Å². The van der Waals surface area contributed by atoms with Gasteiger partial charge >= 0.3 is 0 Å². The van der Waals surface area contributed by atoms with E-state index in [0.717, 1.165) is 24.2 Å². The smallest absolute Gasteiger partial charge is 0.0594 e. The van der Waals surface area contributed by atoms with Crippen LogP contribution in [0, 0.1) is 0 Å². The van der Waals surface area contributed by atoms with Crippen LogP contribution in [-0.2, 0) is 11.3 Å². The van der Waals surface area contributed by atoms with Gasteiger partial charge in [0, 0.05) is 34.4 Å². The highest BCUT2D eigenvalue weighted by molar-refractivity contribution is 9.10. The van der Waals surface area contributed by atoms with E-state index >= 15 is 0 Å². The monoisotopic (exact) mass is 328 g/mol. The van der Waals surface area contributed by atoms with Crippen LogP contribution in [0.5, 0.6) is 0 Å². The van der Waals surface area contributed by atoms with Crippen molar-refractivity contribution in [1.82, 2.24) is 4.90 Å². The molecule has 1 aromatic heterocycles. The first kappa shape index (κ1) is 16.4. The third-order valence-corrected chi connectivity index (χ3v) is 3.61. The summed E-state index contributed by atoms with van der Waals surface area (Å²) in [7, 11) is 2.10. The first-order valence-corrected chi connectivity index (χ1v) is 6.59. The second kappa shape index (κ2) is 9.39. The Kier molecular flexibility index (Phi) is 9.59. The zero-order valence-electron chi connectivity index (χ0n) is 9.32. The lowest BCUT2D eigenvalue weighted by Gasteiger charge is -2.15. The van der Waals surface area contributed by atoms with Crippen LogP contribution in [-0.4, -0.2) is 38.3 Å². The molecule has 0 amide bonds. The number of likely N-dealkylation sites (N-methyl/N-ethyl adjacent to an activating group) is 1. The molecule has 0 saturated heterocycles. The van der Waals surface area contributed by atoms with Gasteiger partial charge < -0.3 is 10.5 Å². The van der Waals surface area contributed by atoms with Crippen LogP contribution in [0.15, 0.2) is 15.9 Å². The van der Waals surface area contributed by atoms with Gasteiger partial charge in [-0.1, -0.05) is 0 Å². The highest BCUT2D eigenvalue weighted by atomic mass is 79.9. The van der Waals surface area contributed by atoms with Crippen LogP contribution in [0.25, 0.3) is 0 Å². The fourth-order valence-corrected chi connectivity index (χ4v) is 2.72. The molecule has 0 fully saturated rings. The minimum Gasteiger partial charge on any atom is -0.379 e. The molecular weight excluding hydrogens is 312 g/mol. The van der Waals surface area contributed by atoms with E-state index in [4.69, 9.17) is 10.5 Å². The van der Waals surface area contributed by atoms with Gasteiger partial charge in [-0.05, 0) is 29.0 Å². The van der Waals surface area contributed by atoms with Crippen molar-refractivity contribution in [3.8, 4) is 0 Å². The molecule has 1 aromatic rings. The maximum Gasteiger partial charge on any atom is 0.0594 e. The molecule has 0 unspecified atom stereocenters. The van der Waals surface area contributed by atoms with Crippen molar-refractivity contribution < 1.29 is 4.74 Å². The third-order valence-electron chi connectivity index (χ3n) is 1.93. The van der Waals surface area contributed by atoms with Crippen LogP contribution < -0.4 is 5.73 Å². The zero-order valence-corrected chi connectivity index (χ0v) is 12.5. The SMILES string of the molecule is CN(CCOCCN)Cc1cc(Br)cs1.Cl. The van der Waals surface area contributed by atoms with E-state index in [0.29, 0.717) is 13.2 Å². The Bertz CT molecular complexity index is 286. The van der Waals surface area contributed by atoms with Crippen molar-refractivity contribution in [3.63, 3.8) is 0 Å². The van der Waals surface area contributed by atoms with E-state index in [1.807, 2.05) is 0 Å². The lowest BCUT2D eigenvalue weighted by atomic mass is 10.4. The van der Waals surface area contributed by atoms with Crippen molar-refractivity contribution in [2.75, 3.05) is 33.4 Å². The van der Waals surface area contributed by atoms with E-state index in [2.05, 4.69) is 39.3 Å². The average Bonchev–Trinajstić information content (AvgIpc) is 2.59. The van der Waals surface area contributed by atoms with Crippen LogP contribution in [0.2, 0.25) is 0 Å². The molecule has 1 heterocycles. The summed E-state index contributed by atoms with van der Waals surface area (Å²) < 4.78 is 6.49. The van der Waals surface area contributed by atoms with E-state index < -0.39 is 0 Å². The molecule has 0 radical (unpaired) electrons. The molecule has 0 spiro atoms. The number of ether oxygens (including phenoxy) is 1. The first-order chi connectivity index (χ1) is 7.22. The van der Waals surface area contributed by atoms with Crippen molar-refractivity contribution in [3.05, 3.63) is 20.8 Å². The number of hydrogen-bond donors (Lipinski definition) is 1. The molecule has 94 valence electrons. The fourth-order valence-electron chi connectivity index (χ4n) is 1.19. The average molecular weight is 330 g/mol. The Balaban J connectivity index is 0.00000225. The van der Waals surface area contributed by atoms with Gasteiger partial charge in [0.25, 0.3) is 0 Å². The number of halogens is 2. The minimum absolute atomic E-state index is 0. The Morgan fingerprint density at radius 2 is 2.25 bits per heavy atom. The molecule has 0 aliphatic rings. The van der Waals surface area contributed by atoms with E-state index in [1.165, 1.54) is 4.88 Å². The predicted octanol–water partition coefficient (Wildman–Crippen LogP) is 2.34. The van der Waals surface area contributed by atoms with E-state index in [-0.39, 0.29) is 12.4 Å². The van der Waals surface area contributed by atoms with Crippen molar-refractivity contribution in [2.24, 2.45) is 5.73 Å². The van der Waals surface area contributed by atoms with Gasteiger partial charge in [0.05, 0.1) is 13.2 Å². The summed E-state index contributed by atoms with van der Waals surface area (Å²) in [6.07, 6.45) is 0. The Morgan fingerprint density at radius 3 is 2.81 bits per heavy atom. The zero-order chi connectivity index (χ0) is 11.1. The lowest BCUT2D eigenvalue weighted by Crippen LogP contribution is -2.23. The largest absolute Gasteiger partial charge is 0.379 e. The van der Waals surface area contributed by atoms with E-state index in [1.54, 1.807) is 11.3 Å². The summed E-state index contributed by atoms with van der Waals surface area (Å²) in [5, 5.41) is 2.11. The van der Waals surface area contributed by atoms with Crippen molar-refractivity contribution in [2.45, 2.75) is 6.54 Å². The van der Waals surface area contributed by atoms with E-state index in [9.17, 15) is 0 Å². The number of hydrogen-bond acceptors (Lipinski definition) is 4. The van der Waals surface area contributed by atoms with Gasteiger partial charge in [-0.3, -0.25) is 4.90 Å². The highest BCUT2D eigenvalue weighted by Gasteiger charge is 2.02. The maximum absolute atomic E-state index is 5.33. The first-order valence-electron chi connectivity index (χ1n) is 4.91. The van der Waals surface area contributed by atoms with Gasteiger partial charge in [0.1, 0.15) is 0 Å². The normalized spacial score (nSPS) is 10.5. The van der Waals surface area contributed by atoms with Crippen LogP contribution in [0.1, 0.15) is 4.88 Å². The van der Waals surface area contributed by atoms with Gasteiger partial charge in [0.15, 0.2) is 0 Å². The third kappa shape index (κ3) is 6.83. The number of nitrogens with two attached hydrogens (primary N) is 1. The second-order valence-electron chi connectivity index (χ2n) is 3.37. The van der Waals surface area contributed by atoms with Crippen LogP contribution >= 0.6 is 39.7 Å². The Morgan fingerprint density at radius 1 is 1.50 bits per heavy atom. The maximum atomic E-state index is 5.33. The van der Waals surface area contributed by atoms with Crippen LogP contribution in [0.4, 0.5) is 0 Å². The summed E-state index contributed by atoms with van der Waals surface area (Å²) >= 11 is 5.22. The fraction of sp³-hybridized carbons (Fsp3) is 0.600.